The van der Waals surface area contributed by atoms with E-state index in [9.17, 15) is 9.90 Å². The molecular formula is C17H26N2O3S. The Labute approximate surface area is 141 Å². The molecule has 4 atom stereocenters. The van der Waals surface area contributed by atoms with Crippen LogP contribution < -0.4 is 5.32 Å². The van der Waals surface area contributed by atoms with E-state index in [0.717, 1.165) is 18.5 Å². The van der Waals surface area contributed by atoms with E-state index >= 15 is 0 Å². The third-order valence-electron chi connectivity index (χ3n) is 5.20. The van der Waals surface area contributed by atoms with Crippen LogP contribution in [-0.4, -0.2) is 60.4 Å². The van der Waals surface area contributed by atoms with Gasteiger partial charge in [0.15, 0.2) is 0 Å². The minimum atomic E-state index is -0.812. The van der Waals surface area contributed by atoms with Gasteiger partial charge in [-0.05, 0) is 49.2 Å². The number of likely N-dealkylation sites (tertiary alicyclic amines) is 1. The number of rotatable bonds is 3. The summed E-state index contributed by atoms with van der Waals surface area (Å²) in [6.07, 6.45) is 2.12. The number of ether oxygens (including phenoxy) is 1. The second-order valence-electron chi connectivity index (χ2n) is 6.97. The number of amides is 1. The molecule has 0 aliphatic carbocycles. The Hall–Kier alpha value is -0.950. The van der Waals surface area contributed by atoms with Crippen LogP contribution in [0.3, 0.4) is 0 Å². The molecule has 1 aromatic heterocycles. The molecule has 0 bridgehead atoms. The number of thiophene rings is 1. The van der Waals surface area contributed by atoms with Crippen molar-refractivity contribution in [2.75, 3.05) is 26.7 Å². The second kappa shape index (κ2) is 6.89. The largest absolute Gasteiger partial charge is 0.388 e. The van der Waals surface area contributed by atoms with E-state index in [4.69, 9.17) is 4.74 Å². The van der Waals surface area contributed by atoms with Crippen LogP contribution in [0.25, 0.3) is 0 Å². The average molecular weight is 338 g/mol. The Morgan fingerprint density at radius 3 is 3.13 bits per heavy atom. The van der Waals surface area contributed by atoms with Crippen LogP contribution in [0, 0.1) is 5.92 Å². The average Bonchev–Trinajstić information content (AvgIpc) is 2.96. The number of carbonyl (C=O) groups excluding carboxylic acids is 1. The zero-order valence-corrected chi connectivity index (χ0v) is 14.6. The number of likely N-dealkylation sites (N-methyl/N-ethyl adjacent to an activating group) is 1. The monoisotopic (exact) mass is 338 g/mol. The maximum absolute atomic E-state index is 12.5. The predicted octanol–water partition coefficient (Wildman–Crippen LogP) is 1.27. The SMILES string of the molecule is CN[C@@H]1CO[C@@H]2CCN(C(=O)Cc3ccsc3)C[C@@H]2C[C@@]1(C)O. The summed E-state index contributed by atoms with van der Waals surface area (Å²) in [7, 11) is 1.86. The first kappa shape index (κ1) is 16.9. The fourth-order valence-corrected chi connectivity index (χ4v) is 4.47. The molecule has 2 N–H and O–H groups in total. The second-order valence-corrected chi connectivity index (χ2v) is 7.75. The van der Waals surface area contributed by atoms with Gasteiger partial charge in [-0.2, -0.15) is 11.3 Å². The van der Waals surface area contributed by atoms with E-state index < -0.39 is 5.60 Å². The van der Waals surface area contributed by atoms with Gasteiger partial charge in [0.05, 0.1) is 30.8 Å². The van der Waals surface area contributed by atoms with Crippen LogP contribution >= 0.6 is 11.3 Å². The van der Waals surface area contributed by atoms with Crippen LogP contribution in [0.4, 0.5) is 0 Å². The zero-order chi connectivity index (χ0) is 16.4. The summed E-state index contributed by atoms with van der Waals surface area (Å²) in [5, 5.41) is 17.9. The van der Waals surface area contributed by atoms with Gasteiger partial charge in [0.2, 0.25) is 5.91 Å². The molecule has 0 spiro atoms. The molecule has 2 fully saturated rings. The number of aliphatic hydroxyl groups is 1. The molecule has 3 heterocycles. The molecule has 2 aliphatic rings. The van der Waals surface area contributed by atoms with E-state index in [1.54, 1.807) is 11.3 Å². The first-order chi connectivity index (χ1) is 11.0. The minimum absolute atomic E-state index is 0.0666. The van der Waals surface area contributed by atoms with Crippen molar-refractivity contribution in [3.8, 4) is 0 Å². The number of fused-ring (bicyclic) bond motifs is 1. The van der Waals surface area contributed by atoms with Crippen molar-refractivity contribution in [2.24, 2.45) is 5.92 Å². The lowest BCUT2D eigenvalue weighted by molar-refractivity contribution is -0.135. The predicted molar refractivity (Wildman–Crippen MR) is 90.5 cm³/mol. The Bertz CT molecular complexity index is 532. The molecule has 23 heavy (non-hydrogen) atoms. The maximum Gasteiger partial charge on any atom is 0.227 e. The van der Waals surface area contributed by atoms with Crippen molar-refractivity contribution in [3.05, 3.63) is 22.4 Å². The normalized spacial score (nSPS) is 34.7. The highest BCUT2D eigenvalue weighted by Gasteiger charge is 2.43. The first-order valence-electron chi connectivity index (χ1n) is 8.29. The molecule has 6 heteroatoms. The van der Waals surface area contributed by atoms with E-state index in [2.05, 4.69) is 5.32 Å². The summed E-state index contributed by atoms with van der Waals surface area (Å²) in [6, 6.07) is 1.94. The highest BCUT2D eigenvalue weighted by Crippen LogP contribution is 2.33. The molecule has 1 aromatic rings. The van der Waals surface area contributed by atoms with Crippen molar-refractivity contribution in [1.82, 2.24) is 10.2 Å². The van der Waals surface area contributed by atoms with E-state index in [-0.39, 0.29) is 24.0 Å². The van der Waals surface area contributed by atoms with Crippen LogP contribution in [0.2, 0.25) is 0 Å². The maximum atomic E-state index is 12.5. The number of piperidine rings is 1. The molecule has 1 amide bonds. The standard InChI is InChI=1S/C17H26N2O3S/c1-17(21)8-13-9-19(16(20)7-12-4-6-23-11-12)5-3-14(13)22-10-15(17)18-2/h4,6,11,13-15,18,21H,3,5,7-10H2,1-2H3/t13-,14+,15+,17+/m0/s1. The van der Waals surface area contributed by atoms with Crippen LogP contribution in [0.15, 0.2) is 16.8 Å². The first-order valence-corrected chi connectivity index (χ1v) is 9.24. The van der Waals surface area contributed by atoms with Gasteiger partial charge < -0.3 is 20.1 Å². The number of hydrogen-bond donors (Lipinski definition) is 2. The molecule has 0 aromatic carbocycles. The Kier molecular flexibility index (Phi) is 5.06. The van der Waals surface area contributed by atoms with Gasteiger partial charge in [0.1, 0.15) is 0 Å². The lowest BCUT2D eigenvalue weighted by Gasteiger charge is -2.39. The number of nitrogens with one attached hydrogen (secondary N) is 1. The number of hydrogen-bond acceptors (Lipinski definition) is 5. The summed E-state index contributed by atoms with van der Waals surface area (Å²) in [5.74, 6) is 0.374. The van der Waals surface area contributed by atoms with Gasteiger partial charge in [-0.15, -0.1) is 0 Å². The molecule has 0 unspecified atom stereocenters. The van der Waals surface area contributed by atoms with Gasteiger partial charge in [0.25, 0.3) is 0 Å². The van der Waals surface area contributed by atoms with Gasteiger partial charge in [-0.1, -0.05) is 0 Å². The summed E-state index contributed by atoms with van der Waals surface area (Å²) < 4.78 is 6.02. The molecule has 2 aliphatic heterocycles. The van der Waals surface area contributed by atoms with Gasteiger partial charge >= 0.3 is 0 Å². The highest BCUT2D eigenvalue weighted by molar-refractivity contribution is 7.07. The number of carbonyl (C=O) groups is 1. The van der Waals surface area contributed by atoms with Crippen molar-refractivity contribution >= 4 is 17.2 Å². The topological polar surface area (TPSA) is 61.8 Å². The highest BCUT2D eigenvalue weighted by atomic mass is 32.1. The number of nitrogens with zero attached hydrogens (tertiary/aromatic N) is 1. The summed E-state index contributed by atoms with van der Waals surface area (Å²) in [5.41, 5.74) is 0.273. The van der Waals surface area contributed by atoms with Crippen LogP contribution in [0.1, 0.15) is 25.3 Å². The van der Waals surface area contributed by atoms with Crippen molar-refractivity contribution < 1.29 is 14.6 Å². The fraction of sp³-hybridized carbons (Fsp3) is 0.706. The lowest BCUT2D eigenvalue weighted by atomic mass is 9.82. The Morgan fingerprint density at radius 1 is 1.61 bits per heavy atom. The van der Waals surface area contributed by atoms with Crippen LogP contribution in [-0.2, 0) is 16.0 Å². The summed E-state index contributed by atoms with van der Waals surface area (Å²) >= 11 is 1.62. The molecule has 5 nitrogen and oxygen atoms in total. The molecule has 0 saturated carbocycles. The molecule has 3 rings (SSSR count). The van der Waals surface area contributed by atoms with Crippen LogP contribution in [0.5, 0.6) is 0 Å². The van der Waals surface area contributed by atoms with Gasteiger partial charge in [0, 0.05) is 19.0 Å². The Morgan fingerprint density at radius 2 is 2.43 bits per heavy atom. The molecule has 0 radical (unpaired) electrons. The van der Waals surface area contributed by atoms with Gasteiger partial charge in [-0.3, -0.25) is 4.79 Å². The lowest BCUT2D eigenvalue weighted by Crippen LogP contribution is -2.51. The van der Waals surface area contributed by atoms with Crippen molar-refractivity contribution in [1.29, 1.82) is 0 Å². The summed E-state index contributed by atoms with van der Waals surface area (Å²) in [4.78, 5) is 14.5. The van der Waals surface area contributed by atoms with E-state index in [1.165, 1.54) is 0 Å². The Balaban J connectivity index is 1.65. The molecule has 128 valence electrons. The summed E-state index contributed by atoms with van der Waals surface area (Å²) in [6.45, 7) is 3.82. The molecular weight excluding hydrogens is 312 g/mol. The quantitative estimate of drug-likeness (QED) is 0.871. The van der Waals surface area contributed by atoms with E-state index in [1.807, 2.05) is 35.7 Å². The van der Waals surface area contributed by atoms with Crippen molar-refractivity contribution in [3.63, 3.8) is 0 Å². The smallest absolute Gasteiger partial charge is 0.227 e. The third-order valence-corrected chi connectivity index (χ3v) is 5.94. The third kappa shape index (κ3) is 3.76. The van der Waals surface area contributed by atoms with Crippen molar-refractivity contribution in [2.45, 2.75) is 43.9 Å². The van der Waals surface area contributed by atoms with Gasteiger partial charge in [-0.25, -0.2) is 0 Å². The molecule has 2 saturated heterocycles. The fourth-order valence-electron chi connectivity index (χ4n) is 3.80. The minimum Gasteiger partial charge on any atom is -0.388 e. The zero-order valence-electron chi connectivity index (χ0n) is 13.8. The van der Waals surface area contributed by atoms with E-state index in [0.29, 0.717) is 26.0 Å².